The lowest BCUT2D eigenvalue weighted by Gasteiger charge is -2.13. The Morgan fingerprint density at radius 3 is 2.90 bits per heavy atom. The zero-order chi connectivity index (χ0) is 20.4. The maximum Gasteiger partial charge on any atom is 0.256 e. The van der Waals surface area contributed by atoms with Gasteiger partial charge in [0.2, 0.25) is 5.91 Å². The van der Waals surface area contributed by atoms with Crippen LogP contribution >= 0.6 is 11.8 Å². The number of hydrogen-bond donors (Lipinski definition) is 2. The second kappa shape index (κ2) is 8.59. The number of aromatic nitrogens is 2. The molecule has 29 heavy (non-hydrogen) atoms. The molecule has 2 aliphatic heterocycles. The maximum absolute atomic E-state index is 12.8. The Hall–Kier alpha value is -2.32. The maximum atomic E-state index is 12.8. The first-order valence-electron chi connectivity index (χ1n) is 9.94. The van der Waals surface area contributed by atoms with Crippen LogP contribution in [0, 0.1) is 13.8 Å². The second-order valence-electron chi connectivity index (χ2n) is 7.62. The van der Waals surface area contributed by atoms with Crippen molar-refractivity contribution in [2.24, 2.45) is 0 Å². The van der Waals surface area contributed by atoms with Crippen molar-refractivity contribution in [3.8, 4) is 0 Å². The van der Waals surface area contributed by atoms with Gasteiger partial charge in [0, 0.05) is 35.8 Å². The molecule has 0 bridgehead atoms. The molecule has 0 aliphatic carbocycles. The van der Waals surface area contributed by atoms with E-state index in [-0.39, 0.29) is 24.5 Å². The largest absolute Gasteiger partial charge is 0.376 e. The lowest BCUT2D eigenvalue weighted by Crippen LogP contribution is -2.34. The summed E-state index contributed by atoms with van der Waals surface area (Å²) in [4.78, 5) is 25.3. The van der Waals surface area contributed by atoms with Crippen LogP contribution in [0.3, 0.4) is 0 Å². The van der Waals surface area contributed by atoms with Crippen LogP contribution in [0.5, 0.6) is 0 Å². The number of amides is 2. The van der Waals surface area contributed by atoms with Crippen LogP contribution in [-0.2, 0) is 27.6 Å². The van der Waals surface area contributed by atoms with Crippen LogP contribution in [0.25, 0.3) is 0 Å². The molecule has 2 aromatic rings. The summed E-state index contributed by atoms with van der Waals surface area (Å²) in [5.74, 6) is 1.90. The van der Waals surface area contributed by atoms with Crippen LogP contribution in [0.1, 0.15) is 45.6 Å². The molecular formula is C21H26N4O3S. The van der Waals surface area contributed by atoms with E-state index in [9.17, 15) is 9.59 Å². The third kappa shape index (κ3) is 4.48. The Bertz CT molecular complexity index is 934. The number of benzene rings is 1. The molecule has 1 atom stereocenters. The molecule has 1 saturated heterocycles. The molecular weight excluding hydrogens is 388 g/mol. The van der Waals surface area contributed by atoms with Crippen molar-refractivity contribution in [2.45, 2.75) is 50.8 Å². The molecule has 0 radical (unpaired) electrons. The molecule has 2 aliphatic rings. The molecule has 0 unspecified atom stereocenters. The van der Waals surface area contributed by atoms with Gasteiger partial charge in [-0.3, -0.25) is 9.59 Å². The first kappa shape index (κ1) is 20.0. The van der Waals surface area contributed by atoms with Crippen LogP contribution in [0.15, 0.2) is 18.2 Å². The molecule has 154 valence electrons. The summed E-state index contributed by atoms with van der Waals surface area (Å²) in [5.41, 5.74) is 4.77. The summed E-state index contributed by atoms with van der Waals surface area (Å²) < 4.78 is 7.17. The summed E-state index contributed by atoms with van der Waals surface area (Å²) in [7, 11) is 0. The van der Waals surface area contributed by atoms with E-state index < -0.39 is 0 Å². The van der Waals surface area contributed by atoms with Crippen molar-refractivity contribution < 1.29 is 14.3 Å². The van der Waals surface area contributed by atoms with E-state index in [1.54, 1.807) is 16.4 Å². The Kier molecular flexibility index (Phi) is 5.91. The molecule has 0 saturated carbocycles. The predicted molar refractivity (Wildman–Crippen MR) is 113 cm³/mol. The minimum atomic E-state index is -0.186. The molecule has 1 aromatic carbocycles. The van der Waals surface area contributed by atoms with Crippen LogP contribution in [-0.4, -0.2) is 40.9 Å². The highest BCUT2D eigenvalue weighted by Gasteiger charge is 2.25. The summed E-state index contributed by atoms with van der Waals surface area (Å²) in [6.07, 6.45) is 2.12. The van der Waals surface area contributed by atoms with Gasteiger partial charge in [-0.05, 0) is 49.9 Å². The first-order chi connectivity index (χ1) is 14.0. The van der Waals surface area contributed by atoms with Gasteiger partial charge in [0.15, 0.2) is 0 Å². The molecule has 2 N–H and O–H groups in total. The van der Waals surface area contributed by atoms with Gasteiger partial charge in [0.25, 0.3) is 5.91 Å². The van der Waals surface area contributed by atoms with Gasteiger partial charge in [-0.1, -0.05) is 6.07 Å². The van der Waals surface area contributed by atoms with E-state index in [2.05, 4.69) is 15.7 Å². The zero-order valence-electron chi connectivity index (χ0n) is 16.8. The SMILES string of the molecule is Cc1ccc(C(=O)Nc2c3c(nn2CC(=O)NC[C@@H]2CCCO2)CSC3)cc1C. The minimum Gasteiger partial charge on any atom is -0.376 e. The summed E-state index contributed by atoms with van der Waals surface area (Å²) in [6, 6.07) is 5.65. The Morgan fingerprint density at radius 1 is 1.28 bits per heavy atom. The van der Waals surface area contributed by atoms with Gasteiger partial charge >= 0.3 is 0 Å². The van der Waals surface area contributed by atoms with E-state index in [0.29, 0.717) is 17.9 Å². The Morgan fingerprint density at radius 2 is 2.14 bits per heavy atom. The van der Waals surface area contributed by atoms with E-state index in [4.69, 9.17) is 4.74 Å². The fourth-order valence-corrected chi connectivity index (χ4v) is 4.64. The summed E-state index contributed by atoms with van der Waals surface area (Å²) >= 11 is 1.76. The van der Waals surface area contributed by atoms with Gasteiger partial charge in [0.05, 0.1) is 11.8 Å². The third-order valence-corrected chi connectivity index (χ3v) is 6.43. The predicted octanol–water partition coefficient (Wildman–Crippen LogP) is 2.79. The van der Waals surface area contributed by atoms with Gasteiger partial charge < -0.3 is 15.4 Å². The van der Waals surface area contributed by atoms with E-state index in [1.807, 2.05) is 32.0 Å². The van der Waals surface area contributed by atoms with Crippen molar-refractivity contribution in [1.82, 2.24) is 15.1 Å². The summed E-state index contributed by atoms with van der Waals surface area (Å²) in [6.45, 7) is 5.36. The average Bonchev–Trinajstić information content (AvgIpc) is 3.42. The van der Waals surface area contributed by atoms with Crippen molar-refractivity contribution in [1.29, 1.82) is 0 Å². The number of carbonyl (C=O) groups is 2. The van der Waals surface area contributed by atoms with E-state index in [0.717, 1.165) is 53.3 Å². The molecule has 0 spiro atoms. The van der Waals surface area contributed by atoms with E-state index >= 15 is 0 Å². The normalized spacial score (nSPS) is 17.9. The number of carbonyl (C=O) groups excluding carboxylic acids is 2. The van der Waals surface area contributed by atoms with Crippen LogP contribution in [0.2, 0.25) is 0 Å². The minimum absolute atomic E-state index is 0.0763. The number of nitrogens with zero attached hydrogens (tertiary/aromatic N) is 2. The fraction of sp³-hybridized carbons (Fsp3) is 0.476. The number of nitrogens with one attached hydrogen (secondary N) is 2. The van der Waals surface area contributed by atoms with Crippen molar-refractivity contribution in [2.75, 3.05) is 18.5 Å². The molecule has 2 amide bonds. The number of aryl methyl sites for hydroxylation is 2. The smallest absolute Gasteiger partial charge is 0.256 e. The van der Waals surface area contributed by atoms with Crippen molar-refractivity contribution >= 4 is 29.4 Å². The highest BCUT2D eigenvalue weighted by Crippen LogP contribution is 2.35. The number of ether oxygens (including phenoxy) is 1. The standard InChI is InChI=1S/C21H26N4O3S/c1-13-5-6-15(8-14(13)2)21(27)23-20-17-11-29-12-18(17)24-25(20)10-19(26)22-9-16-4-3-7-28-16/h5-6,8,16H,3-4,7,9-12H2,1-2H3,(H,22,26)(H,23,27)/t16-/m0/s1. The van der Waals surface area contributed by atoms with Gasteiger partial charge in [0.1, 0.15) is 12.4 Å². The quantitative estimate of drug-likeness (QED) is 0.759. The number of thioether (sulfide) groups is 1. The lowest BCUT2D eigenvalue weighted by molar-refractivity contribution is -0.122. The third-order valence-electron chi connectivity index (χ3n) is 5.46. The van der Waals surface area contributed by atoms with Crippen LogP contribution < -0.4 is 10.6 Å². The van der Waals surface area contributed by atoms with Crippen molar-refractivity contribution in [3.63, 3.8) is 0 Å². The topological polar surface area (TPSA) is 85.2 Å². The van der Waals surface area contributed by atoms with Gasteiger partial charge in [-0.15, -0.1) is 0 Å². The lowest BCUT2D eigenvalue weighted by atomic mass is 10.1. The van der Waals surface area contributed by atoms with E-state index in [1.165, 1.54) is 0 Å². The monoisotopic (exact) mass is 414 g/mol. The first-order valence-corrected chi connectivity index (χ1v) is 11.1. The molecule has 4 rings (SSSR count). The van der Waals surface area contributed by atoms with Gasteiger partial charge in [-0.2, -0.15) is 16.9 Å². The molecule has 1 aromatic heterocycles. The Balaban J connectivity index is 1.48. The molecule has 7 nitrogen and oxygen atoms in total. The summed E-state index contributed by atoms with van der Waals surface area (Å²) in [5, 5.41) is 10.5. The molecule has 8 heteroatoms. The fourth-order valence-electron chi connectivity index (χ4n) is 3.61. The number of rotatable bonds is 6. The number of hydrogen-bond acceptors (Lipinski definition) is 5. The highest BCUT2D eigenvalue weighted by molar-refractivity contribution is 7.98. The Labute approximate surface area is 174 Å². The highest BCUT2D eigenvalue weighted by atomic mass is 32.2. The zero-order valence-corrected chi connectivity index (χ0v) is 17.6. The number of fused-ring (bicyclic) bond motifs is 1. The molecule has 1 fully saturated rings. The second-order valence-corrected chi connectivity index (χ2v) is 8.60. The molecule has 3 heterocycles. The number of anilines is 1. The average molecular weight is 415 g/mol. The van der Waals surface area contributed by atoms with Gasteiger partial charge in [-0.25, -0.2) is 4.68 Å². The van der Waals surface area contributed by atoms with Crippen LogP contribution in [0.4, 0.5) is 5.82 Å². The van der Waals surface area contributed by atoms with Crippen molar-refractivity contribution in [3.05, 3.63) is 46.1 Å².